The van der Waals surface area contributed by atoms with Crippen LogP contribution in [0.1, 0.15) is 43.0 Å². The van der Waals surface area contributed by atoms with E-state index in [0.29, 0.717) is 12.8 Å². The number of ketones is 2. The Kier molecular flexibility index (Phi) is 4.93. The summed E-state index contributed by atoms with van der Waals surface area (Å²) in [7, 11) is 0. The van der Waals surface area contributed by atoms with Crippen molar-refractivity contribution in [3.8, 4) is 11.5 Å². The Labute approximate surface area is 148 Å². The van der Waals surface area contributed by atoms with E-state index in [-0.39, 0.29) is 23.7 Å². The number of fused-ring (bicyclic) bond motifs is 1. The van der Waals surface area contributed by atoms with Crippen LogP contribution < -0.4 is 9.47 Å². The number of ether oxygens (including phenoxy) is 3. The summed E-state index contributed by atoms with van der Waals surface area (Å²) in [6.45, 7) is -1.43. The van der Waals surface area contributed by atoms with Crippen LogP contribution in [0, 0.1) is 5.92 Å². The smallest absolute Gasteiger partial charge is 0.387 e. The molecule has 1 aromatic carbocycles. The highest BCUT2D eigenvalue weighted by Crippen LogP contribution is 2.47. The van der Waals surface area contributed by atoms with Crippen LogP contribution in [0.3, 0.4) is 0 Å². The number of rotatable bonds is 5. The van der Waals surface area contributed by atoms with Crippen molar-refractivity contribution in [2.75, 3.05) is 6.61 Å². The molecule has 1 spiro atoms. The van der Waals surface area contributed by atoms with E-state index in [9.17, 15) is 23.2 Å². The van der Waals surface area contributed by atoms with Gasteiger partial charge in [0.15, 0.2) is 5.78 Å². The Morgan fingerprint density at radius 1 is 1.31 bits per heavy atom. The highest BCUT2D eigenvalue weighted by atomic mass is 19.3. The molecule has 2 aliphatic rings. The average molecular weight is 368 g/mol. The first-order valence-corrected chi connectivity index (χ1v) is 8.41. The van der Waals surface area contributed by atoms with Gasteiger partial charge < -0.3 is 14.2 Å². The van der Waals surface area contributed by atoms with Gasteiger partial charge in [-0.05, 0) is 44.7 Å². The number of carbonyl (C=O) groups is 3. The largest absolute Gasteiger partial charge is 0.485 e. The number of esters is 1. The van der Waals surface area contributed by atoms with Crippen LogP contribution in [0.2, 0.25) is 0 Å². The van der Waals surface area contributed by atoms with Gasteiger partial charge >= 0.3 is 12.6 Å². The molecule has 0 N–H and O–H groups in total. The third-order valence-electron chi connectivity index (χ3n) is 4.73. The molecule has 0 bridgehead atoms. The lowest BCUT2D eigenvalue weighted by Crippen LogP contribution is -2.54. The number of carbonyl (C=O) groups excluding carboxylic acids is 3. The fourth-order valence-corrected chi connectivity index (χ4v) is 3.68. The maximum absolute atomic E-state index is 13.0. The monoisotopic (exact) mass is 368 g/mol. The molecule has 1 aliphatic carbocycles. The molecule has 1 fully saturated rings. The van der Waals surface area contributed by atoms with Gasteiger partial charge in [0.05, 0.1) is 12.2 Å². The number of benzene rings is 1. The summed E-state index contributed by atoms with van der Waals surface area (Å²) in [5, 5.41) is 0. The van der Waals surface area contributed by atoms with Crippen LogP contribution in [0.15, 0.2) is 18.2 Å². The molecule has 1 aromatic rings. The van der Waals surface area contributed by atoms with Gasteiger partial charge in [-0.2, -0.15) is 8.78 Å². The van der Waals surface area contributed by atoms with Crippen molar-refractivity contribution in [1.29, 1.82) is 0 Å². The maximum atomic E-state index is 13.0. The van der Waals surface area contributed by atoms with Crippen LogP contribution in [0.25, 0.3) is 0 Å². The minimum absolute atomic E-state index is 0.0181. The Morgan fingerprint density at radius 3 is 2.62 bits per heavy atom. The molecule has 0 aromatic heterocycles. The summed E-state index contributed by atoms with van der Waals surface area (Å²) in [5.41, 5.74) is -1.09. The second kappa shape index (κ2) is 7.01. The number of halogens is 2. The molecular formula is C18H18F2O6. The summed E-state index contributed by atoms with van der Waals surface area (Å²) in [6, 6.07) is 3.68. The molecule has 1 atom stereocenters. The van der Waals surface area contributed by atoms with Gasteiger partial charge in [0, 0.05) is 6.07 Å². The van der Waals surface area contributed by atoms with E-state index in [0.717, 1.165) is 12.8 Å². The number of hydrogen-bond acceptors (Lipinski definition) is 6. The van der Waals surface area contributed by atoms with Crippen molar-refractivity contribution >= 4 is 17.5 Å². The molecule has 0 amide bonds. The van der Waals surface area contributed by atoms with E-state index >= 15 is 0 Å². The third-order valence-corrected chi connectivity index (χ3v) is 4.73. The van der Waals surface area contributed by atoms with E-state index in [1.807, 2.05) is 0 Å². The van der Waals surface area contributed by atoms with Crippen LogP contribution in [-0.4, -0.2) is 36.4 Å². The van der Waals surface area contributed by atoms with E-state index in [1.165, 1.54) is 18.2 Å². The number of hydrogen-bond donors (Lipinski definition) is 0. The molecule has 8 heteroatoms. The van der Waals surface area contributed by atoms with Gasteiger partial charge in [-0.15, -0.1) is 0 Å². The van der Waals surface area contributed by atoms with Gasteiger partial charge in [0.25, 0.3) is 5.78 Å². The van der Waals surface area contributed by atoms with Gasteiger partial charge in [0.1, 0.15) is 23.0 Å². The number of Topliss-reactive ketones (excluding diaryl/α,β-unsaturated/α-hetero) is 2. The van der Waals surface area contributed by atoms with Gasteiger partial charge in [-0.1, -0.05) is 0 Å². The lowest BCUT2D eigenvalue weighted by molar-refractivity contribution is -0.157. The molecule has 1 aliphatic heterocycles. The molecule has 0 saturated heterocycles. The Hall–Kier alpha value is -2.51. The molecule has 1 unspecified atom stereocenters. The molecule has 1 saturated carbocycles. The SMILES string of the molecule is CCOC(=O)C(=O)C1C(=O)c2ccc(OC(F)F)cc2OC12CCCC2. The fourth-order valence-electron chi connectivity index (χ4n) is 3.68. The lowest BCUT2D eigenvalue weighted by Gasteiger charge is -2.40. The van der Waals surface area contributed by atoms with Gasteiger partial charge in [-0.25, -0.2) is 4.79 Å². The highest BCUT2D eigenvalue weighted by molar-refractivity contribution is 6.40. The van der Waals surface area contributed by atoms with Crippen molar-refractivity contribution in [3.63, 3.8) is 0 Å². The molecular weight excluding hydrogens is 350 g/mol. The average Bonchev–Trinajstić information content (AvgIpc) is 3.02. The van der Waals surface area contributed by atoms with Crippen molar-refractivity contribution in [3.05, 3.63) is 23.8 Å². The Bertz CT molecular complexity index is 739. The fraction of sp³-hybridized carbons (Fsp3) is 0.500. The Balaban J connectivity index is 2.00. The summed E-state index contributed by atoms with van der Waals surface area (Å²) in [6.07, 6.45) is 2.27. The molecule has 0 radical (unpaired) electrons. The van der Waals surface area contributed by atoms with E-state index in [2.05, 4.69) is 4.74 Å². The standard InChI is InChI=1S/C18H18F2O6/c1-2-24-16(23)15(22)13-14(21)11-6-5-10(25-17(19)20)9-12(11)26-18(13)7-3-4-8-18/h5-6,9,13,17H,2-4,7-8H2,1H3. The van der Waals surface area contributed by atoms with Gasteiger partial charge in [-0.3, -0.25) is 9.59 Å². The van der Waals surface area contributed by atoms with Crippen molar-refractivity contribution < 1.29 is 37.4 Å². The second-order valence-corrected chi connectivity index (χ2v) is 6.29. The lowest BCUT2D eigenvalue weighted by atomic mass is 9.75. The van der Waals surface area contributed by atoms with E-state index < -0.39 is 35.7 Å². The summed E-state index contributed by atoms with van der Waals surface area (Å²) in [5.74, 6) is -3.91. The molecule has 1 heterocycles. The highest BCUT2D eigenvalue weighted by Gasteiger charge is 2.56. The molecule has 3 rings (SSSR count). The first kappa shape index (κ1) is 18.3. The minimum Gasteiger partial charge on any atom is -0.485 e. The van der Waals surface area contributed by atoms with Crippen LogP contribution in [-0.2, 0) is 14.3 Å². The van der Waals surface area contributed by atoms with Crippen LogP contribution in [0.4, 0.5) is 8.78 Å². The van der Waals surface area contributed by atoms with E-state index in [4.69, 9.17) is 9.47 Å². The van der Waals surface area contributed by atoms with Gasteiger partial charge in [0.2, 0.25) is 0 Å². The topological polar surface area (TPSA) is 78.9 Å². The predicted octanol–water partition coefficient (Wildman–Crippen LogP) is 2.92. The van der Waals surface area contributed by atoms with Crippen LogP contribution in [0.5, 0.6) is 11.5 Å². The zero-order chi connectivity index (χ0) is 18.9. The third kappa shape index (κ3) is 3.15. The quantitative estimate of drug-likeness (QED) is 0.452. The number of alkyl halides is 2. The summed E-state index contributed by atoms with van der Waals surface area (Å²) >= 11 is 0. The molecule has 6 nitrogen and oxygen atoms in total. The predicted molar refractivity (Wildman–Crippen MR) is 84.4 cm³/mol. The zero-order valence-electron chi connectivity index (χ0n) is 14.1. The first-order chi connectivity index (χ1) is 12.4. The summed E-state index contributed by atoms with van der Waals surface area (Å²) < 4.78 is 39.9. The minimum atomic E-state index is -3.01. The second-order valence-electron chi connectivity index (χ2n) is 6.29. The van der Waals surface area contributed by atoms with Crippen molar-refractivity contribution in [2.24, 2.45) is 5.92 Å². The normalized spacial score (nSPS) is 20.6. The molecule has 140 valence electrons. The van der Waals surface area contributed by atoms with Crippen molar-refractivity contribution in [1.82, 2.24) is 0 Å². The van der Waals surface area contributed by atoms with E-state index in [1.54, 1.807) is 6.92 Å². The molecule has 26 heavy (non-hydrogen) atoms. The zero-order valence-corrected chi connectivity index (χ0v) is 14.1. The van der Waals surface area contributed by atoms with Crippen LogP contribution >= 0.6 is 0 Å². The summed E-state index contributed by atoms with van der Waals surface area (Å²) in [4.78, 5) is 37.5. The first-order valence-electron chi connectivity index (χ1n) is 8.41. The van der Waals surface area contributed by atoms with Crippen molar-refractivity contribution in [2.45, 2.75) is 44.8 Å². The maximum Gasteiger partial charge on any atom is 0.387 e. The Morgan fingerprint density at radius 2 is 2.00 bits per heavy atom.